The van der Waals surface area contributed by atoms with Gasteiger partial charge in [-0.05, 0) is 91.5 Å². The largest absolute Gasteiger partial charge is 0.311 e. The van der Waals surface area contributed by atoms with Gasteiger partial charge in [-0.15, -0.1) is 0 Å². The highest BCUT2D eigenvalue weighted by Gasteiger charge is 2.46. The highest BCUT2D eigenvalue weighted by Crippen LogP contribution is 2.57. The van der Waals surface area contributed by atoms with Crippen molar-refractivity contribution in [2.45, 2.75) is 24.7 Å². The molecule has 9 aromatic carbocycles. The summed E-state index contributed by atoms with van der Waals surface area (Å²) in [6.07, 6.45) is -0.360. The number of nitrogens with two attached hydrogens (primary N) is 1. The fourth-order valence-corrected chi connectivity index (χ4v) is 9.94. The van der Waals surface area contributed by atoms with E-state index in [1.165, 1.54) is 77.4 Å². The van der Waals surface area contributed by atoms with Gasteiger partial charge in [-0.3, -0.25) is 0 Å². The minimum Gasteiger partial charge on any atom is -0.311 e. The summed E-state index contributed by atoms with van der Waals surface area (Å²) in [6, 6.07) is 83.7. The zero-order valence-electron chi connectivity index (χ0n) is 34.4. The Morgan fingerprint density at radius 1 is 0.452 bits per heavy atom. The van der Waals surface area contributed by atoms with E-state index in [1.54, 1.807) is 0 Å². The fraction of sp³-hybridized carbons (Fsp3) is 0.0690. The Balaban J connectivity index is 1.11. The summed E-state index contributed by atoms with van der Waals surface area (Å²) in [5.41, 5.74) is 26.9. The second-order valence-corrected chi connectivity index (χ2v) is 16.4. The molecule has 0 radical (unpaired) electrons. The Kier molecular flexibility index (Phi) is 9.67. The maximum atomic E-state index is 6.81. The van der Waals surface area contributed by atoms with E-state index in [0.717, 1.165) is 11.3 Å². The summed E-state index contributed by atoms with van der Waals surface area (Å²) in [6.45, 7) is 1.34. The summed E-state index contributed by atoms with van der Waals surface area (Å²) in [5.74, 6) is 0. The average molecular weight is 799 g/mol. The van der Waals surface area contributed by atoms with Gasteiger partial charge in [0.15, 0.2) is 0 Å². The third-order valence-corrected chi connectivity index (χ3v) is 12.7. The number of aromatic nitrogens is 1. The third kappa shape index (κ3) is 6.53. The molecular weight excluding hydrogens is 753 g/mol. The normalized spacial score (nSPS) is 13.3. The summed E-state index contributed by atoms with van der Waals surface area (Å²) in [5, 5.41) is 4.69. The van der Waals surface area contributed by atoms with E-state index >= 15 is 0 Å². The maximum absolute atomic E-state index is 6.81. The number of hydrogen-bond donors (Lipinski definition) is 2. The molecule has 298 valence electrons. The molecule has 10 aromatic rings. The lowest BCUT2D eigenvalue weighted by Gasteiger charge is -2.34. The van der Waals surface area contributed by atoms with Crippen molar-refractivity contribution in [2.24, 2.45) is 5.73 Å². The monoisotopic (exact) mass is 798 g/mol. The van der Waals surface area contributed by atoms with Crippen molar-refractivity contribution >= 4 is 21.8 Å². The summed E-state index contributed by atoms with van der Waals surface area (Å²) in [7, 11) is 0. The van der Waals surface area contributed by atoms with Gasteiger partial charge in [0.1, 0.15) is 0 Å². The summed E-state index contributed by atoms with van der Waals surface area (Å²) in [4.78, 5) is 0. The standard InChI is InChI=1S/C58H46N4/c59-57(44-24-10-3-11-25-44)60-61(39-41-19-6-1-7-20-41)40-42-21-18-30-48(35-42)62-55-36-45(43-22-8-2-9-23-43)33-34-50(55)52-37-54-51(38-56(52)62)49-31-16-17-32-53(49)58(54,46-26-12-4-13-27-46)47-28-14-5-15-29-47/h1-38,57,60H,39-40,59H2. The lowest BCUT2D eigenvalue weighted by Crippen LogP contribution is -2.43. The van der Waals surface area contributed by atoms with E-state index in [-0.39, 0.29) is 6.17 Å². The number of hydrogen-bond acceptors (Lipinski definition) is 3. The number of nitrogens with zero attached hydrogens (tertiary/aromatic N) is 2. The van der Waals surface area contributed by atoms with Crippen LogP contribution in [0.5, 0.6) is 0 Å². The van der Waals surface area contributed by atoms with Crippen LogP contribution < -0.4 is 11.2 Å². The predicted octanol–water partition coefficient (Wildman–Crippen LogP) is 13.0. The molecule has 1 heterocycles. The molecule has 4 heteroatoms. The van der Waals surface area contributed by atoms with Gasteiger partial charge in [-0.2, -0.15) is 0 Å². The van der Waals surface area contributed by atoms with E-state index < -0.39 is 5.41 Å². The number of fused-ring (bicyclic) bond motifs is 6. The van der Waals surface area contributed by atoms with Crippen LogP contribution in [0.3, 0.4) is 0 Å². The van der Waals surface area contributed by atoms with Crippen LogP contribution in [0, 0.1) is 0 Å². The molecule has 0 spiro atoms. The van der Waals surface area contributed by atoms with E-state index in [4.69, 9.17) is 5.73 Å². The van der Waals surface area contributed by atoms with Crippen molar-refractivity contribution in [1.29, 1.82) is 0 Å². The molecule has 0 amide bonds. The summed E-state index contributed by atoms with van der Waals surface area (Å²) >= 11 is 0. The molecule has 62 heavy (non-hydrogen) atoms. The molecule has 1 aromatic heterocycles. The van der Waals surface area contributed by atoms with Crippen molar-refractivity contribution in [3.8, 4) is 27.9 Å². The van der Waals surface area contributed by atoms with Crippen LogP contribution in [0.25, 0.3) is 49.7 Å². The first-order chi connectivity index (χ1) is 30.6. The molecule has 3 N–H and O–H groups in total. The first kappa shape index (κ1) is 37.6. The molecule has 4 nitrogen and oxygen atoms in total. The zero-order valence-corrected chi connectivity index (χ0v) is 34.4. The first-order valence-corrected chi connectivity index (χ1v) is 21.5. The quantitative estimate of drug-likeness (QED) is 0.101. The number of nitrogens with one attached hydrogen (secondary N) is 1. The number of rotatable bonds is 11. The molecule has 0 bridgehead atoms. The lowest BCUT2D eigenvalue weighted by molar-refractivity contribution is 0.140. The van der Waals surface area contributed by atoms with Gasteiger partial charge in [0, 0.05) is 29.5 Å². The van der Waals surface area contributed by atoms with Crippen molar-refractivity contribution in [1.82, 2.24) is 15.0 Å². The van der Waals surface area contributed by atoms with Crippen LogP contribution in [0.4, 0.5) is 0 Å². The molecule has 0 fully saturated rings. The second-order valence-electron chi connectivity index (χ2n) is 16.4. The van der Waals surface area contributed by atoms with Crippen LogP contribution in [-0.4, -0.2) is 9.58 Å². The number of benzene rings is 9. The molecular formula is C58H46N4. The fourth-order valence-electron chi connectivity index (χ4n) is 9.94. The molecule has 1 unspecified atom stereocenters. The maximum Gasteiger partial charge on any atom is 0.0940 e. The van der Waals surface area contributed by atoms with Crippen LogP contribution in [0.2, 0.25) is 0 Å². The zero-order chi connectivity index (χ0) is 41.5. The minimum absolute atomic E-state index is 0.360. The van der Waals surface area contributed by atoms with Gasteiger partial charge >= 0.3 is 0 Å². The lowest BCUT2D eigenvalue weighted by atomic mass is 9.67. The molecule has 1 aliphatic carbocycles. The Morgan fingerprint density at radius 3 is 1.74 bits per heavy atom. The van der Waals surface area contributed by atoms with Crippen LogP contribution in [0.15, 0.2) is 231 Å². The van der Waals surface area contributed by atoms with Crippen molar-refractivity contribution in [2.75, 3.05) is 0 Å². The molecule has 11 rings (SSSR count). The second kappa shape index (κ2) is 15.9. The molecule has 0 saturated carbocycles. The van der Waals surface area contributed by atoms with Gasteiger partial charge in [0.25, 0.3) is 0 Å². The summed E-state index contributed by atoms with van der Waals surface area (Å²) < 4.78 is 2.49. The topological polar surface area (TPSA) is 46.2 Å². The Morgan fingerprint density at radius 2 is 1.03 bits per heavy atom. The van der Waals surface area contributed by atoms with Gasteiger partial charge < -0.3 is 10.3 Å². The minimum atomic E-state index is -0.489. The predicted molar refractivity (Wildman–Crippen MR) is 256 cm³/mol. The van der Waals surface area contributed by atoms with Gasteiger partial charge in [-0.25, -0.2) is 10.4 Å². The van der Waals surface area contributed by atoms with E-state index in [0.29, 0.717) is 13.1 Å². The number of hydrazine groups is 1. The first-order valence-electron chi connectivity index (χ1n) is 21.5. The smallest absolute Gasteiger partial charge is 0.0940 e. The van der Waals surface area contributed by atoms with Gasteiger partial charge in [0.05, 0.1) is 22.6 Å². The van der Waals surface area contributed by atoms with Crippen molar-refractivity contribution in [3.63, 3.8) is 0 Å². The Labute approximate surface area is 363 Å². The van der Waals surface area contributed by atoms with E-state index in [1.807, 2.05) is 18.2 Å². The highest BCUT2D eigenvalue weighted by atomic mass is 15.5. The molecule has 1 aliphatic rings. The van der Waals surface area contributed by atoms with Gasteiger partial charge in [0.2, 0.25) is 0 Å². The molecule has 1 atom stereocenters. The third-order valence-electron chi connectivity index (χ3n) is 12.7. The van der Waals surface area contributed by atoms with Crippen LogP contribution in [-0.2, 0) is 18.5 Å². The highest BCUT2D eigenvalue weighted by molar-refractivity contribution is 6.12. The van der Waals surface area contributed by atoms with Crippen LogP contribution >= 0.6 is 0 Å². The molecule has 0 aliphatic heterocycles. The Bertz CT molecular complexity index is 3120. The SMILES string of the molecule is NC(NN(Cc1ccccc1)Cc1cccc(-n2c3cc(-c4ccccc4)ccc3c3cc4c(cc32)-c2ccccc2C4(c2ccccc2)c2ccccc2)c1)c1ccccc1. The van der Waals surface area contributed by atoms with Gasteiger partial charge in [-0.1, -0.05) is 200 Å². The van der Waals surface area contributed by atoms with E-state index in [9.17, 15) is 0 Å². The van der Waals surface area contributed by atoms with E-state index in [2.05, 4.69) is 227 Å². The van der Waals surface area contributed by atoms with Crippen LogP contribution in [0.1, 0.15) is 45.1 Å². The van der Waals surface area contributed by atoms with Crippen molar-refractivity contribution < 1.29 is 0 Å². The van der Waals surface area contributed by atoms with Crippen molar-refractivity contribution in [3.05, 3.63) is 269 Å². The molecule has 0 saturated heterocycles. The Hall–Kier alpha value is -7.34. The average Bonchev–Trinajstić information content (AvgIpc) is 3.81.